The van der Waals surface area contributed by atoms with Crippen molar-refractivity contribution in [3.05, 3.63) is 65.2 Å². The van der Waals surface area contributed by atoms with E-state index in [1.54, 1.807) is 23.9 Å². The molecule has 2 rings (SSSR count). The van der Waals surface area contributed by atoms with Crippen molar-refractivity contribution in [2.75, 3.05) is 7.11 Å². The van der Waals surface area contributed by atoms with Gasteiger partial charge in [0.1, 0.15) is 0 Å². The first-order valence-electron chi connectivity index (χ1n) is 6.70. The lowest BCUT2D eigenvalue weighted by atomic mass is 10.1. The molecule has 114 valence electrons. The van der Waals surface area contributed by atoms with Crippen molar-refractivity contribution in [3.8, 4) is 0 Å². The van der Waals surface area contributed by atoms with Crippen LogP contribution >= 0.6 is 11.8 Å². The van der Waals surface area contributed by atoms with Gasteiger partial charge in [-0.05, 0) is 29.3 Å². The molecule has 0 saturated carbocycles. The third-order valence-electron chi connectivity index (χ3n) is 3.10. The number of carboxylic acids is 1. The summed E-state index contributed by atoms with van der Waals surface area (Å²) in [5, 5.41) is 8.75. The SMILES string of the molecule is COC(=O)c1ccccc1CSc1ccc(CC(=O)O)cc1. The molecule has 0 spiro atoms. The Morgan fingerprint density at radius 1 is 1.09 bits per heavy atom. The van der Waals surface area contributed by atoms with Gasteiger partial charge in [0.15, 0.2) is 0 Å². The summed E-state index contributed by atoms with van der Waals surface area (Å²) in [6.07, 6.45) is 0.0239. The van der Waals surface area contributed by atoms with Gasteiger partial charge in [-0.25, -0.2) is 4.79 Å². The quantitative estimate of drug-likeness (QED) is 0.654. The minimum Gasteiger partial charge on any atom is -0.481 e. The smallest absolute Gasteiger partial charge is 0.338 e. The number of hydrogen-bond donors (Lipinski definition) is 1. The van der Waals surface area contributed by atoms with Crippen LogP contribution in [0.2, 0.25) is 0 Å². The Morgan fingerprint density at radius 2 is 1.77 bits per heavy atom. The Hall–Kier alpha value is -2.27. The van der Waals surface area contributed by atoms with Gasteiger partial charge in [0.05, 0.1) is 19.1 Å². The molecule has 0 aromatic heterocycles. The topological polar surface area (TPSA) is 63.6 Å². The van der Waals surface area contributed by atoms with Crippen molar-refractivity contribution in [2.24, 2.45) is 0 Å². The molecule has 0 saturated heterocycles. The number of esters is 1. The van der Waals surface area contributed by atoms with Crippen LogP contribution in [0.1, 0.15) is 21.5 Å². The molecule has 0 atom stereocenters. The van der Waals surface area contributed by atoms with Crippen LogP contribution in [0.15, 0.2) is 53.4 Å². The highest BCUT2D eigenvalue weighted by Gasteiger charge is 2.11. The van der Waals surface area contributed by atoms with E-state index in [0.29, 0.717) is 11.3 Å². The fourth-order valence-corrected chi connectivity index (χ4v) is 2.90. The van der Waals surface area contributed by atoms with E-state index in [1.165, 1.54) is 7.11 Å². The van der Waals surface area contributed by atoms with E-state index in [0.717, 1.165) is 16.0 Å². The molecule has 0 amide bonds. The van der Waals surface area contributed by atoms with Crippen LogP contribution in [0.4, 0.5) is 0 Å². The number of aliphatic carboxylic acids is 1. The molecule has 0 aliphatic carbocycles. The maximum absolute atomic E-state index is 11.7. The van der Waals surface area contributed by atoms with E-state index in [1.807, 2.05) is 36.4 Å². The summed E-state index contributed by atoms with van der Waals surface area (Å²) < 4.78 is 4.78. The molecule has 0 heterocycles. The molecule has 2 aromatic rings. The summed E-state index contributed by atoms with van der Waals surface area (Å²) >= 11 is 1.59. The summed E-state index contributed by atoms with van der Waals surface area (Å²) in [5.74, 6) is -0.538. The number of carbonyl (C=O) groups excluding carboxylic acids is 1. The zero-order valence-corrected chi connectivity index (χ0v) is 12.9. The molecule has 0 aliphatic heterocycles. The maximum Gasteiger partial charge on any atom is 0.338 e. The van der Waals surface area contributed by atoms with Crippen LogP contribution in [0, 0.1) is 0 Å². The molecule has 0 unspecified atom stereocenters. The second kappa shape index (κ2) is 7.66. The van der Waals surface area contributed by atoms with Gasteiger partial charge in [-0.15, -0.1) is 11.8 Å². The monoisotopic (exact) mass is 316 g/mol. The van der Waals surface area contributed by atoms with Crippen LogP contribution in [-0.4, -0.2) is 24.2 Å². The summed E-state index contributed by atoms with van der Waals surface area (Å²) in [6, 6.07) is 14.7. The van der Waals surface area contributed by atoms with E-state index in [4.69, 9.17) is 9.84 Å². The Morgan fingerprint density at radius 3 is 2.41 bits per heavy atom. The molecular weight excluding hydrogens is 300 g/mol. The minimum absolute atomic E-state index is 0.0239. The number of methoxy groups -OCH3 is 1. The second-order valence-corrected chi connectivity index (χ2v) is 5.70. The van der Waals surface area contributed by atoms with E-state index in [-0.39, 0.29) is 12.4 Å². The molecule has 0 bridgehead atoms. The summed E-state index contributed by atoms with van der Waals surface area (Å²) in [4.78, 5) is 23.4. The third-order valence-corrected chi connectivity index (χ3v) is 4.16. The van der Waals surface area contributed by atoms with Gasteiger partial charge in [0, 0.05) is 10.6 Å². The maximum atomic E-state index is 11.7. The number of hydrogen-bond acceptors (Lipinski definition) is 4. The van der Waals surface area contributed by atoms with E-state index in [9.17, 15) is 9.59 Å². The Labute approximate surface area is 133 Å². The van der Waals surface area contributed by atoms with Crippen LogP contribution in [0.3, 0.4) is 0 Å². The lowest BCUT2D eigenvalue weighted by molar-refractivity contribution is -0.136. The van der Waals surface area contributed by atoms with Crippen molar-refractivity contribution < 1.29 is 19.4 Å². The molecule has 22 heavy (non-hydrogen) atoms. The highest BCUT2D eigenvalue weighted by atomic mass is 32.2. The van der Waals surface area contributed by atoms with Crippen molar-refractivity contribution in [1.82, 2.24) is 0 Å². The summed E-state index contributed by atoms with van der Waals surface area (Å²) in [6.45, 7) is 0. The molecule has 2 aromatic carbocycles. The van der Waals surface area contributed by atoms with Gasteiger partial charge >= 0.3 is 11.9 Å². The lowest BCUT2D eigenvalue weighted by Gasteiger charge is -2.08. The van der Waals surface area contributed by atoms with Gasteiger partial charge in [-0.1, -0.05) is 30.3 Å². The van der Waals surface area contributed by atoms with E-state index < -0.39 is 5.97 Å². The minimum atomic E-state index is -0.840. The molecule has 5 heteroatoms. The van der Waals surface area contributed by atoms with Crippen LogP contribution in [0.5, 0.6) is 0 Å². The number of ether oxygens (including phenoxy) is 1. The first-order valence-corrected chi connectivity index (χ1v) is 7.68. The zero-order chi connectivity index (χ0) is 15.9. The first-order chi connectivity index (χ1) is 10.6. The number of thioether (sulfide) groups is 1. The summed E-state index contributed by atoms with van der Waals surface area (Å²) in [7, 11) is 1.37. The number of carboxylic acid groups (broad SMARTS) is 1. The van der Waals surface area contributed by atoms with Crippen LogP contribution in [-0.2, 0) is 21.7 Å². The van der Waals surface area contributed by atoms with Crippen molar-refractivity contribution in [3.63, 3.8) is 0 Å². The normalized spacial score (nSPS) is 10.2. The summed E-state index contributed by atoms with van der Waals surface area (Å²) in [5.41, 5.74) is 2.25. The Bertz CT molecular complexity index is 665. The van der Waals surface area contributed by atoms with Gasteiger partial charge in [-0.3, -0.25) is 4.79 Å². The number of benzene rings is 2. The van der Waals surface area contributed by atoms with Crippen molar-refractivity contribution >= 4 is 23.7 Å². The largest absolute Gasteiger partial charge is 0.481 e. The van der Waals surface area contributed by atoms with Gasteiger partial charge in [-0.2, -0.15) is 0 Å². The second-order valence-electron chi connectivity index (χ2n) is 4.65. The van der Waals surface area contributed by atoms with Gasteiger partial charge in [0.2, 0.25) is 0 Å². The van der Waals surface area contributed by atoms with Gasteiger partial charge in [0.25, 0.3) is 0 Å². The molecule has 1 N–H and O–H groups in total. The van der Waals surface area contributed by atoms with E-state index >= 15 is 0 Å². The number of carbonyl (C=O) groups is 2. The molecule has 4 nitrogen and oxygen atoms in total. The highest BCUT2D eigenvalue weighted by Crippen LogP contribution is 2.25. The molecule has 0 radical (unpaired) electrons. The van der Waals surface area contributed by atoms with Crippen molar-refractivity contribution in [2.45, 2.75) is 17.1 Å². The predicted octanol–water partition coefficient (Wildman–Crippen LogP) is 3.39. The average molecular weight is 316 g/mol. The Balaban J connectivity index is 2.04. The first kappa shape index (κ1) is 16.1. The predicted molar refractivity (Wildman–Crippen MR) is 85.1 cm³/mol. The average Bonchev–Trinajstić information content (AvgIpc) is 2.53. The highest BCUT2D eigenvalue weighted by molar-refractivity contribution is 7.98. The fraction of sp³-hybridized carbons (Fsp3) is 0.176. The zero-order valence-electron chi connectivity index (χ0n) is 12.1. The fourth-order valence-electron chi connectivity index (χ4n) is 1.99. The van der Waals surface area contributed by atoms with E-state index in [2.05, 4.69) is 0 Å². The Kier molecular flexibility index (Phi) is 5.61. The lowest BCUT2D eigenvalue weighted by Crippen LogP contribution is -2.04. The molecular formula is C17H16O4S. The van der Waals surface area contributed by atoms with Crippen LogP contribution < -0.4 is 0 Å². The third kappa shape index (κ3) is 4.36. The van der Waals surface area contributed by atoms with Crippen molar-refractivity contribution in [1.29, 1.82) is 0 Å². The standard InChI is InChI=1S/C17H16O4S/c1-21-17(20)15-5-3-2-4-13(15)11-22-14-8-6-12(7-9-14)10-16(18)19/h2-9H,10-11H2,1H3,(H,18,19). The molecule has 0 aliphatic rings. The van der Waals surface area contributed by atoms with Gasteiger partial charge < -0.3 is 9.84 Å². The van der Waals surface area contributed by atoms with Crippen LogP contribution in [0.25, 0.3) is 0 Å². The molecule has 0 fully saturated rings. The number of rotatable bonds is 6.